The summed E-state index contributed by atoms with van der Waals surface area (Å²) in [5.74, 6) is 1.42. The van der Waals surface area contributed by atoms with Gasteiger partial charge in [0.05, 0.1) is 13.4 Å². The average molecular weight is 331 g/mol. The van der Waals surface area contributed by atoms with Crippen molar-refractivity contribution in [3.63, 3.8) is 0 Å². The van der Waals surface area contributed by atoms with Gasteiger partial charge in [0.1, 0.15) is 11.9 Å². The van der Waals surface area contributed by atoms with E-state index in [4.69, 9.17) is 9.15 Å². The van der Waals surface area contributed by atoms with Gasteiger partial charge in [-0.3, -0.25) is 5.32 Å². The number of urea groups is 1. The van der Waals surface area contributed by atoms with Crippen LogP contribution in [0, 0.1) is 0 Å². The third-order valence-corrected chi connectivity index (χ3v) is 4.22. The van der Waals surface area contributed by atoms with E-state index in [1.165, 1.54) is 13.4 Å². The number of ether oxygens (including phenoxy) is 1. The van der Waals surface area contributed by atoms with Crippen LogP contribution in [0.15, 0.2) is 41.1 Å². The first-order chi connectivity index (χ1) is 11.7. The molecule has 7 heteroatoms. The zero-order valence-electron chi connectivity index (χ0n) is 13.5. The van der Waals surface area contributed by atoms with Crippen LogP contribution in [0.1, 0.15) is 31.1 Å². The summed E-state index contributed by atoms with van der Waals surface area (Å²) < 4.78 is 10.4. The number of hydrogen-bond acceptors (Lipinski definition) is 5. The third-order valence-electron chi connectivity index (χ3n) is 4.22. The molecule has 1 aliphatic heterocycles. The highest BCUT2D eigenvalue weighted by Crippen LogP contribution is 2.29. The molecule has 2 N–H and O–H groups in total. The van der Waals surface area contributed by atoms with Gasteiger partial charge in [-0.25, -0.2) is 9.78 Å². The molecule has 0 bridgehead atoms. The minimum atomic E-state index is -0.720. The molecule has 24 heavy (non-hydrogen) atoms. The number of aliphatic hydroxyl groups is 1. The molecule has 2 aromatic rings. The number of likely N-dealkylation sites (tertiary alicyclic amines) is 1. The standard InChI is InChI=1S/C17H21N3O4/c1-23-15-6-2-8-18-16(15)19-17(22)20-9-3-5-12(20)11-13(21)14-7-4-10-24-14/h2,4,6-8,10,12-13,21H,3,5,9,11H2,1H3,(H,18,19,22). The van der Waals surface area contributed by atoms with Gasteiger partial charge in [-0.1, -0.05) is 0 Å². The van der Waals surface area contributed by atoms with Gasteiger partial charge in [0.25, 0.3) is 0 Å². The van der Waals surface area contributed by atoms with E-state index in [0.717, 1.165) is 12.8 Å². The van der Waals surface area contributed by atoms with Gasteiger partial charge < -0.3 is 19.2 Å². The Labute approximate surface area is 140 Å². The summed E-state index contributed by atoms with van der Waals surface area (Å²) in [6.07, 6.45) is 4.61. The van der Waals surface area contributed by atoms with Gasteiger partial charge in [-0.15, -0.1) is 0 Å². The first-order valence-corrected chi connectivity index (χ1v) is 7.97. The summed E-state index contributed by atoms with van der Waals surface area (Å²) >= 11 is 0. The molecule has 0 spiro atoms. The van der Waals surface area contributed by atoms with Crippen LogP contribution in [0.3, 0.4) is 0 Å². The largest absolute Gasteiger partial charge is 0.493 e. The number of aliphatic hydroxyl groups excluding tert-OH is 1. The first-order valence-electron chi connectivity index (χ1n) is 7.97. The second-order valence-electron chi connectivity index (χ2n) is 5.74. The normalized spacial score (nSPS) is 18.4. The van der Waals surface area contributed by atoms with Crippen molar-refractivity contribution in [2.75, 3.05) is 19.0 Å². The number of hydrogen-bond donors (Lipinski definition) is 2. The molecule has 2 unspecified atom stereocenters. The minimum absolute atomic E-state index is 0.0418. The number of rotatable bonds is 5. The Bertz CT molecular complexity index is 674. The maximum absolute atomic E-state index is 12.6. The minimum Gasteiger partial charge on any atom is -0.493 e. The average Bonchev–Trinajstić information content (AvgIpc) is 3.27. The van der Waals surface area contributed by atoms with Crippen molar-refractivity contribution >= 4 is 11.8 Å². The molecule has 1 saturated heterocycles. The SMILES string of the molecule is COc1cccnc1NC(=O)N1CCCC1CC(O)c1ccco1. The maximum atomic E-state index is 12.6. The van der Waals surface area contributed by atoms with Gasteiger partial charge in [0.15, 0.2) is 11.6 Å². The predicted octanol–water partition coefficient (Wildman–Crippen LogP) is 2.80. The molecule has 0 aliphatic carbocycles. The van der Waals surface area contributed by atoms with Crippen molar-refractivity contribution in [2.24, 2.45) is 0 Å². The highest BCUT2D eigenvalue weighted by molar-refractivity contribution is 5.90. The molecule has 2 atom stereocenters. The Balaban J connectivity index is 1.65. The number of carbonyl (C=O) groups excluding carboxylic acids is 1. The van der Waals surface area contributed by atoms with Crippen molar-refractivity contribution in [1.29, 1.82) is 0 Å². The fraction of sp³-hybridized carbons (Fsp3) is 0.412. The fourth-order valence-electron chi connectivity index (χ4n) is 3.03. The van der Waals surface area contributed by atoms with Crippen molar-refractivity contribution in [3.05, 3.63) is 42.5 Å². The molecule has 1 aliphatic rings. The number of aromatic nitrogens is 1. The molecule has 2 amide bonds. The number of pyridine rings is 1. The lowest BCUT2D eigenvalue weighted by Gasteiger charge is -2.26. The molecule has 0 radical (unpaired) electrons. The van der Waals surface area contributed by atoms with E-state index in [2.05, 4.69) is 10.3 Å². The molecule has 2 aromatic heterocycles. The van der Waals surface area contributed by atoms with Crippen LogP contribution in [0.2, 0.25) is 0 Å². The lowest BCUT2D eigenvalue weighted by molar-refractivity contribution is 0.110. The third kappa shape index (κ3) is 3.51. The number of anilines is 1. The molecule has 128 valence electrons. The molecular weight excluding hydrogens is 310 g/mol. The van der Waals surface area contributed by atoms with Crippen molar-refractivity contribution in [1.82, 2.24) is 9.88 Å². The van der Waals surface area contributed by atoms with Crippen molar-refractivity contribution < 1.29 is 19.1 Å². The molecule has 0 saturated carbocycles. The topological polar surface area (TPSA) is 87.8 Å². The molecule has 1 fully saturated rings. The zero-order chi connectivity index (χ0) is 16.9. The Hall–Kier alpha value is -2.54. The summed E-state index contributed by atoms with van der Waals surface area (Å²) in [7, 11) is 1.53. The van der Waals surface area contributed by atoms with Crippen molar-refractivity contribution in [2.45, 2.75) is 31.4 Å². The Morgan fingerprint density at radius 1 is 1.54 bits per heavy atom. The van der Waals surface area contributed by atoms with Gasteiger partial charge >= 0.3 is 6.03 Å². The number of methoxy groups -OCH3 is 1. The number of nitrogens with one attached hydrogen (secondary N) is 1. The van der Waals surface area contributed by atoms with E-state index < -0.39 is 6.10 Å². The highest BCUT2D eigenvalue weighted by Gasteiger charge is 2.31. The number of amides is 2. The summed E-state index contributed by atoms with van der Waals surface area (Å²) in [4.78, 5) is 18.5. The molecule has 0 aromatic carbocycles. The van der Waals surface area contributed by atoms with Crippen LogP contribution in [-0.2, 0) is 0 Å². The number of carbonyl (C=O) groups is 1. The number of nitrogens with zero attached hydrogens (tertiary/aromatic N) is 2. The molecule has 3 heterocycles. The van der Waals surface area contributed by atoms with Crippen LogP contribution >= 0.6 is 0 Å². The van der Waals surface area contributed by atoms with Crippen LogP contribution in [0.4, 0.5) is 10.6 Å². The molecule has 3 rings (SSSR count). The molecule has 7 nitrogen and oxygen atoms in total. The van der Waals surface area contributed by atoms with E-state index in [9.17, 15) is 9.90 Å². The smallest absolute Gasteiger partial charge is 0.323 e. The predicted molar refractivity (Wildman–Crippen MR) is 87.8 cm³/mol. The lowest BCUT2D eigenvalue weighted by atomic mass is 10.1. The molecular formula is C17H21N3O4. The van der Waals surface area contributed by atoms with E-state index >= 15 is 0 Å². The van der Waals surface area contributed by atoms with Gasteiger partial charge in [0, 0.05) is 25.2 Å². The second-order valence-corrected chi connectivity index (χ2v) is 5.74. The summed E-state index contributed by atoms with van der Waals surface area (Å²) in [6, 6.07) is 6.69. The maximum Gasteiger partial charge on any atom is 0.323 e. The van der Waals surface area contributed by atoms with E-state index in [1.807, 2.05) is 0 Å². The Morgan fingerprint density at radius 3 is 3.17 bits per heavy atom. The summed E-state index contributed by atoms with van der Waals surface area (Å²) in [5, 5.41) is 13.0. The van der Waals surface area contributed by atoms with Crippen LogP contribution in [-0.4, -0.2) is 40.7 Å². The number of furan rings is 1. The summed E-state index contributed by atoms with van der Waals surface area (Å²) in [5.41, 5.74) is 0. The fourth-order valence-corrected chi connectivity index (χ4v) is 3.03. The second kappa shape index (κ2) is 7.35. The van der Waals surface area contributed by atoms with Crippen LogP contribution in [0.5, 0.6) is 5.75 Å². The monoisotopic (exact) mass is 331 g/mol. The highest BCUT2D eigenvalue weighted by atomic mass is 16.5. The quantitative estimate of drug-likeness (QED) is 0.879. The van der Waals surface area contributed by atoms with E-state index in [1.54, 1.807) is 35.4 Å². The zero-order valence-corrected chi connectivity index (χ0v) is 13.5. The lowest BCUT2D eigenvalue weighted by Crippen LogP contribution is -2.39. The van der Waals surface area contributed by atoms with Crippen LogP contribution < -0.4 is 10.1 Å². The van der Waals surface area contributed by atoms with E-state index in [0.29, 0.717) is 30.3 Å². The first kappa shape index (κ1) is 16.3. The van der Waals surface area contributed by atoms with Gasteiger partial charge in [-0.05, 0) is 37.1 Å². The Morgan fingerprint density at radius 2 is 2.42 bits per heavy atom. The Kier molecular flexibility index (Phi) is 5.00. The van der Waals surface area contributed by atoms with Crippen molar-refractivity contribution in [3.8, 4) is 5.75 Å². The van der Waals surface area contributed by atoms with Gasteiger partial charge in [0.2, 0.25) is 0 Å². The van der Waals surface area contributed by atoms with Gasteiger partial charge in [-0.2, -0.15) is 0 Å². The summed E-state index contributed by atoms with van der Waals surface area (Å²) in [6.45, 7) is 0.649. The van der Waals surface area contributed by atoms with Crippen LogP contribution in [0.25, 0.3) is 0 Å². The van der Waals surface area contributed by atoms with E-state index in [-0.39, 0.29) is 12.1 Å².